The summed E-state index contributed by atoms with van der Waals surface area (Å²) in [5.41, 5.74) is 1.16. The molecule has 8 nitrogen and oxygen atoms in total. The highest BCUT2D eigenvalue weighted by Crippen LogP contribution is 2.25. The van der Waals surface area contributed by atoms with Crippen LogP contribution in [0.5, 0.6) is 5.75 Å². The Bertz CT molecular complexity index is 1170. The number of nitrogens with zero attached hydrogens (tertiary/aromatic N) is 2. The van der Waals surface area contributed by atoms with Gasteiger partial charge < -0.3 is 15.0 Å². The number of nitrogens with one attached hydrogen (secondary N) is 1. The number of ether oxygens (including phenoxy) is 1. The van der Waals surface area contributed by atoms with Crippen LogP contribution in [-0.2, 0) is 26.2 Å². The Labute approximate surface area is 223 Å². The van der Waals surface area contributed by atoms with Crippen LogP contribution in [0.3, 0.4) is 0 Å². The number of sulfonamides is 1. The van der Waals surface area contributed by atoms with E-state index in [9.17, 15) is 18.0 Å². The molecule has 1 atom stereocenters. The van der Waals surface area contributed by atoms with Gasteiger partial charge in [-0.3, -0.25) is 13.9 Å². The maximum Gasteiger partial charge on any atom is 0.242 e. The molecule has 0 aromatic heterocycles. The molecule has 2 amide bonds. The zero-order valence-electron chi connectivity index (χ0n) is 21.1. The highest BCUT2D eigenvalue weighted by atomic mass is 35.5. The summed E-state index contributed by atoms with van der Waals surface area (Å²) in [6.45, 7) is 5.58. The Kier molecular flexibility index (Phi) is 10.9. The summed E-state index contributed by atoms with van der Waals surface area (Å²) in [7, 11) is -2.10. The maximum atomic E-state index is 13.3. The third-order valence-electron chi connectivity index (χ3n) is 5.43. The summed E-state index contributed by atoms with van der Waals surface area (Å²) in [4.78, 5) is 27.5. The van der Waals surface area contributed by atoms with Crippen LogP contribution in [0.15, 0.2) is 42.5 Å². The van der Waals surface area contributed by atoms with Gasteiger partial charge in [-0.05, 0) is 57.0 Å². The average Bonchev–Trinajstić information content (AvgIpc) is 2.80. The second kappa shape index (κ2) is 13.2. The van der Waals surface area contributed by atoms with Crippen molar-refractivity contribution >= 4 is 50.7 Å². The van der Waals surface area contributed by atoms with Gasteiger partial charge >= 0.3 is 0 Å². The fourth-order valence-corrected chi connectivity index (χ4v) is 4.87. The van der Waals surface area contributed by atoms with Crippen LogP contribution in [0.4, 0.5) is 5.69 Å². The topological polar surface area (TPSA) is 96.0 Å². The highest BCUT2D eigenvalue weighted by molar-refractivity contribution is 7.92. The molecule has 0 aliphatic carbocycles. The number of benzene rings is 2. The van der Waals surface area contributed by atoms with Crippen LogP contribution in [0, 0.1) is 0 Å². The highest BCUT2D eigenvalue weighted by Gasteiger charge is 2.27. The monoisotopic (exact) mass is 557 g/mol. The third-order valence-corrected chi connectivity index (χ3v) is 7.36. The van der Waals surface area contributed by atoms with Crippen LogP contribution in [-0.4, -0.2) is 57.1 Å². The van der Waals surface area contributed by atoms with E-state index >= 15 is 0 Å². The zero-order chi connectivity index (χ0) is 27.0. The van der Waals surface area contributed by atoms with Crippen LogP contribution in [0.25, 0.3) is 0 Å². The van der Waals surface area contributed by atoms with Crippen molar-refractivity contribution in [3.8, 4) is 5.75 Å². The number of anilines is 1. The molecule has 0 saturated carbocycles. The second-order valence-electron chi connectivity index (χ2n) is 8.75. The number of hydrogen-bond acceptors (Lipinski definition) is 5. The molecule has 0 saturated heterocycles. The molecule has 2 aromatic rings. The fourth-order valence-electron chi connectivity index (χ4n) is 3.59. The van der Waals surface area contributed by atoms with E-state index < -0.39 is 16.1 Å². The standard InChI is InChI=1S/C25H33Cl2N3O5S/c1-17(2)28-25(32)18(3)29(16-19-11-12-22(26)23(27)14-19)24(31)10-7-13-30(36(5,33)34)20-8-6-9-21(15-20)35-4/h6,8-9,11-12,14-15,17-18H,7,10,13,16H2,1-5H3,(H,28,32)/t18-/m1/s1. The first-order valence-corrected chi connectivity index (χ1v) is 14.1. The van der Waals surface area contributed by atoms with Crippen LogP contribution in [0.2, 0.25) is 10.0 Å². The first-order chi connectivity index (χ1) is 16.8. The van der Waals surface area contributed by atoms with Gasteiger partial charge in [-0.15, -0.1) is 0 Å². The number of methoxy groups -OCH3 is 1. The van der Waals surface area contributed by atoms with Crippen molar-refractivity contribution in [3.05, 3.63) is 58.1 Å². The number of hydrogen-bond donors (Lipinski definition) is 1. The number of carbonyl (C=O) groups is 2. The Morgan fingerprint density at radius 1 is 1.06 bits per heavy atom. The summed E-state index contributed by atoms with van der Waals surface area (Å²) in [5.74, 6) is -0.0471. The summed E-state index contributed by atoms with van der Waals surface area (Å²) in [5, 5.41) is 3.57. The van der Waals surface area contributed by atoms with Gasteiger partial charge in [0.05, 0.1) is 29.1 Å². The lowest BCUT2D eigenvalue weighted by Gasteiger charge is -2.30. The molecule has 0 bridgehead atoms. The van der Waals surface area contributed by atoms with Gasteiger partial charge in [-0.1, -0.05) is 35.3 Å². The van der Waals surface area contributed by atoms with Gasteiger partial charge in [0.15, 0.2) is 0 Å². The van der Waals surface area contributed by atoms with Crippen molar-refractivity contribution in [2.45, 2.75) is 52.2 Å². The van der Waals surface area contributed by atoms with E-state index in [-0.39, 0.29) is 43.8 Å². The van der Waals surface area contributed by atoms with E-state index in [1.807, 2.05) is 13.8 Å². The molecule has 0 heterocycles. The summed E-state index contributed by atoms with van der Waals surface area (Å²) in [6, 6.07) is 10.9. The lowest BCUT2D eigenvalue weighted by atomic mass is 10.1. The minimum atomic E-state index is -3.60. The Morgan fingerprint density at radius 2 is 1.75 bits per heavy atom. The Balaban J connectivity index is 2.20. The van der Waals surface area contributed by atoms with Gasteiger partial charge in [-0.2, -0.15) is 0 Å². The quantitative estimate of drug-likeness (QED) is 0.414. The smallest absolute Gasteiger partial charge is 0.242 e. The zero-order valence-corrected chi connectivity index (χ0v) is 23.5. The van der Waals surface area contributed by atoms with Gasteiger partial charge in [0.25, 0.3) is 0 Å². The average molecular weight is 559 g/mol. The molecular formula is C25H33Cl2N3O5S. The van der Waals surface area contributed by atoms with Gasteiger partial charge in [0, 0.05) is 31.6 Å². The molecule has 2 rings (SSSR count). The Morgan fingerprint density at radius 3 is 2.33 bits per heavy atom. The van der Waals surface area contributed by atoms with E-state index in [0.717, 1.165) is 11.8 Å². The molecule has 1 N–H and O–H groups in total. The van der Waals surface area contributed by atoms with E-state index in [4.69, 9.17) is 27.9 Å². The predicted molar refractivity (Wildman–Crippen MR) is 144 cm³/mol. The van der Waals surface area contributed by atoms with E-state index in [2.05, 4.69) is 5.32 Å². The molecule has 0 fully saturated rings. The molecule has 198 valence electrons. The predicted octanol–water partition coefficient (Wildman–Crippen LogP) is 4.49. The minimum Gasteiger partial charge on any atom is -0.497 e. The summed E-state index contributed by atoms with van der Waals surface area (Å²) < 4.78 is 31.4. The van der Waals surface area contributed by atoms with Crippen molar-refractivity contribution in [2.24, 2.45) is 0 Å². The maximum absolute atomic E-state index is 13.3. The first-order valence-electron chi connectivity index (χ1n) is 11.5. The molecule has 0 aliphatic heterocycles. The van der Waals surface area contributed by atoms with Crippen molar-refractivity contribution in [1.29, 1.82) is 0 Å². The lowest BCUT2D eigenvalue weighted by Crippen LogP contribution is -2.49. The van der Waals surface area contributed by atoms with Crippen molar-refractivity contribution in [1.82, 2.24) is 10.2 Å². The molecule has 0 spiro atoms. The van der Waals surface area contributed by atoms with Gasteiger partial charge in [0.1, 0.15) is 11.8 Å². The van der Waals surface area contributed by atoms with Crippen molar-refractivity contribution in [2.75, 3.05) is 24.2 Å². The summed E-state index contributed by atoms with van der Waals surface area (Å²) >= 11 is 12.2. The van der Waals surface area contributed by atoms with Gasteiger partial charge in [0.2, 0.25) is 21.8 Å². The summed E-state index contributed by atoms with van der Waals surface area (Å²) in [6.07, 6.45) is 1.40. The molecule has 0 aliphatic rings. The molecule has 36 heavy (non-hydrogen) atoms. The second-order valence-corrected chi connectivity index (χ2v) is 11.5. The minimum absolute atomic E-state index is 0.0383. The van der Waals surface area contributed by atoms with Crippen molar-refractivity contribution in [3.63, 3.8) is 0 Å². The van der Waals surface area contributed by atoms with Gasteiger partial charge in [-0.25, -0.2) is 8.42 Å². The van der Waals surface area contributed by atoms with Crippen LogP contribution >= 0.6 is 23.2 Å². The van der Waals surface area contributed by atoms with E-state index in [1.165, 1.54) is 16.3 Å². The van der Waals surface area contributed by atoms with Crippen LogP contribution in [0.1, 0.15) is 39.2 Å². The number of rotatable bonds is 12. The first kappa shape index (κ1) is 29.7. The normalized spacial score (nSPS) is 12.2. The lowest BCUT2D eigenvalue weighted by molar-refractivity contribution is -0.140. The number of carbonyl (C=O) groups excluding carboxylic acids is 2. The molecular weight excluding hydrogens is 525 g/mol. The Hall–Kier alpha value is -2.49. The van der Waals surface area contributed by atoms with E-state index in [1.54, 1.807) is 49.4 Å². The van der Waals surface area contributed by atoms with Crippen LogP contribution < -0.4 is 14.4 Å². The van der Waals surface area contributed by atoms with Crippen molar-refractivity contribution < 1.29 is 22.7 Å². The molecule has 2 aromatic carbocycles. The number of halogens is 2. The molecule has 0 unspecified atom stereocenters. The third kappa shape index (κ3) is 8.57. The van der Waals surface area contributed by atoms with E-state index in [0.29, 0.717) is 21.5 Å². The number of amides is 2. The molecule has 11 heteroatoms. The fraction of sp³-hybridized carbons (Fsp3) is 0.440. The SMILES string of the molecule is COc1cccc(N(CCCC(=O)N(Cc2ccc(Cl)c(Cl)c2)[C@H](C)C(=O)NC(C)C)S(C)(=O)=O)c1. The largest absolute Gasteiger partial charge is 0.497 e. The molecule has 0 radical (unpaired) electrons.